The van der Waals surface area contributed by atoms with Crippen molar-refractivity contribution < 1.29 is 9.53 Å². The fraction of sp³-hybridized carbons (Fsp3) is 0.769. The molecular weight excluding hydrogens is 188 g/mol. The average molecular weight is 208 g/mol. The van der Waals surface area contributed by atoms with E-state index in [1.807, 2.05) is 0 Å². The van der Waals surface area contributed by atoms with Crippen LogP contribution in [0.2, 0.25) is 0 Å². The van der Waals surface area contributed by atoms with E-state index in [1.54, 1.807) is 0 Å². The van der Waals surface area contributed by atoms with Gasteiger partial charge < -0.3 is 4.74 Å². The van der Waals surface area contributed by atoms with Gasteiger partial charge in [0.1, 0.15) is 5.60 Å². The fourth-order valence-corrected chi connectivity index (χ4v) is 2.95. The van der Waals surface area contributed by atoms with Gasteiger partial charge >= 0.3 is 5.97 Å². The van der Waals surface area contributed by atoms with Crippen LogP contribution in [-0.2, 0) is 9.53 Å². The van der Waals surface area contributed by atoms with E-state index in [-0.39, 0.29) is 11.6 Å². The predicted octanol–water partition coefficient (Wildman–Crippen LogP) is 3.22. The lowest BCUT2D eigenvalue weighted by atomic mass is 9.97. The fourth-order valence-electron chi connectivity index (χ4n) is 2.95. The maximum Gasteiger partial charge on any atom is 0.333 e. The quantitative estimate of drug-likeness (QED) is 0.524. The number of fused-ring (bicyclic) bond motifs is 2. The number of hydrogen-bond donors (Lipinski definition) is 0. The standard InChI is InChI=1S/C13H20O2/c1-3-4-10(2)12(14)15-13-7-5-11(9-13)6-8-13/h11H,2-9H2,1H3. The molecule has 0 aliphatic heterocycles. The summed E-state index contributed by atoms with van der Waals surface area (Å²) < 4.78 is 5.67. The number of ether oxygens (including phenoxy) is 1. The molecule has 0 unspecified atom stereocenters. The third-order valence-electron chi connectivity index (χ3n) is 3.83. The molecule has 0 N–H and O–H groups in total. The molecule has 0 radical (unpaired) electrons. The first kappa shape index (κ1) is 10.7. The van der Waals surface area contributed by atoms with Gasteiger partial charge in [0.25, 0.3) is 0 Å². The van der Waals surface area contributed by atoms with Crippen molar-refractivity contribution in [3.05, 3.63) is 12.2 Å². The topological polar surface area (TPSA) is 26.3 Å². The van der Waals surface area contributed by atoms with Crippen LogP contribution in [0.15, 0.2) is 12.2 Å². The summed E-state index contributed by atoms with van der Waals surface area (Å²) in [6.07, 6.45) is 7.45. The molecule has 0 spiro atoms. The Labute approximate surface area is 91.7 Å². The van der Waals surface area contributed by atoms with Crippen LogP contribution in [0.25, 0.3) is 0 Å². The SMILES string of the molecule is C=C(CCC)C(=O)OC12CCC(CC1)C2. The van der Waals surface area contributed by atoms with Crippen LogP contribution in [0.4, 0.5) is 0 Å². The molecule has 2 fully saturated rings. The third-order valence-corrected chi connectivity index (χ3v) is 3.83. The lowest BCUT2D eigenvalue weighted by molar-refractivity contribution is -0.154. The highest BCUT2D eigenvalue weighted by Crippen LogP contribution is 2.50. The second kappa shape index (κ2) is 3.99. The Hall–Kier alpha value is -0.790. The molecule has 0 aromatic carbocycles. The minimum Gasteiger partial charge on any atom is -0.456 e. The number of rotatable bonds is 4. The molecule has 2 rings (SSSR count). The first-order valence-corrected chi connectivity index (χ1v) is 6.06. The first-order valence-electron chi connectivity index (χ1n) is 6.06. The molecule has 0 atom stereocenters. The van der Waals surface area contributed by atoms with Crippen LogP contribution in [0.3, 0.4) is 0 Å². The van der Waals surface area contributed by atoms with Crippen molar-refractivity contribution in [1.82, 2.24) is 0 Å². The maximum absolute atomic E-state index is 11.7. The first-order chi connectivity index (χ1) is 7.15. The largest absolute Gasteiger partial charge is 0.456 e. The van der Waals surface area contributed by atoms with E-state index < -0.39 is 0 Å². The van der Waals surface area contributed by atoms with Crippen molar-refractivity contribution in [2.45, 2.75) is 57.5 Å². The molecule has 2 bridgehead atoms. The van der Waals surface area contributed by atoms with Crippen LogP contribution in [0, 0.1) is 5.92 Å². The molecule has 0 aromatic rings. The smallest absolute Gasteiger partial charge is 0.333 e. The number of esters is 1. The van der Waals surface area contributed by atoms with Gasteiger partial charge in [-0.25, -0.2) is 4.79 Å². The van der Waals surface area contributed by atoms with E-state index in [4.69, 9.17) is 4.74 Å². The minimum atomic E-state index is -0.153. The van der Waals surface area contributed by atoms with Crippen molar-refractivity contribution in [2.75, 3.05) is 0 Å². The predicted molar refractivity (Wildman–Crippen MR) is 59.4 cm³/mol. The summed E-state index contributed by atoms with van der Waals surface area (Å²) >= 11 is 0. The van der Waals surface area contributed by atoms with Crippen LogP contribution in [0.1, 0.15) is 51.9 Å². The van der Waals surface area contributed by atoms with Crippen molar-refractivity contribution in [3.63, 3.8) is 0 Å². The van der Waals surface area contributed by atoms with Gasteiger partial charge in [0.2, 0.25) is 0 Å². The molecule has 2 nitrogen and oxygen atoms in total. The van der Waals surface area contributed by atoms with E-state index in [1.165, 1.54) is 12.8 Å². The van der Waals surface area contributed by atoms with Gasteiger partial charge in [-0.3, -0.25) is 0 Å². The third kappa shape index (κ3) is 2.09. The molecule has 2 saturated carbocycles. The number of carbonyl (C=O) groups is 1. The van der Waals surface area contributed by atoms with Crippen LogP contribution >= 0.6 is 0 Å². The van der Waals surface area contributed by atoms with Gasteiger partial charge in [-0.15, -0.1) is 0 Å². The summed E-state index contributed by atoms with van der Waals surface area (Å²) in [7, 11) is 0. The molecule has 0 aromatic heterocycles. The lowest BCUT2D eigenvalue weighted by Crippen LogP contribution is -2.30. The summed E-state index contributed by atoms with van der Waals surface area (Å²) in [5, 5.41) is 0. The van der Waals surface area contributed by atoms with Gasteiger partial charge in [0.05, 0.1) is 0 Å². The van der Waals surface area contributed by atoms with Crippen molar-refractivity contribution in [2.24, 2.45) is 5.92 Å². The van der Waals surface area contributed by atoms with Crippen LogP contribution in [-0.4, -0.2) is 11.6 Å². The normalized spacial score (nSPS) is 33.0. The van der Waals surface area contributed by atoms with Gasteiger partial charge in [-0.05, 0) is 44.4 Å². The van der Waals surface area contributed by atoms with E-state index in [0.29, 0.717) is 5.57 Å². The zero-order valence-electron chi connectivity index (χ0n) is 9.55. The molecule has 0 saturated heterocycles. The summed E-state index contributed by atoms with van der Waals surface area (Å²) in [6, 6.07) is 0. The Morgan fingerprint density at radius 2 is 2.13 bits per heavy atom. The van der Waals surface area contributed by atoms with Gasteiger partial charge in [-0.1, -0.05) is 19.9 Å². The Morgan fingerprint density at radius 3 is 2.60 bits per heavy atom. The second-order valence-electron chi connectivity index (χ2n) is 5.07. The lowest BCUT2D eigenvalue weighted by Gasteiger charge is -2.27. The Bertz CT molecular complexity index is 272. The van der Waals surface area contributed by atoms with Gasteiger partial charge in [-0.2, -0.15) is 0 Å². The number of carbonyl (C=O) groups excluding carboxylic acids is 1. The molecule has 0 amide bonds. The molecule has 2 aliphatic rings. The molecule has 2 heteroatoms. The highest BCUT2D eigenvalue weighted by atomic mass is 16.6. The van der Waals surface area contributed by atoms with Crippen LogP contribution in [0.5, 0.6) is 0 Å². The van der Waals surface area contributed by atoms with Crippen molar-refractivity contribution in [3.8, 4) is 0 Å². The highest BCUT2D eigenvalue weighted by molar-refractivity contribution is 5.88. The zero-order chi connectivity index (χ0) is 10.9. The molecule has 15 heavy (non-hydrogen) atoms. The van der Waals surface area contributed by atoms with Crippen molar-refractivity contribution in [1.29, 1.82) is 0 Å². The Kier molecular flexibility index (Phi) is 2.85. The second-order valence-corrected chi connectivity index (χ2v) is 5.07. The maximum atomic E-state index is 11.7. The van der Waals surface area contributed by atoms with Crippen LogP contribution < -0.4 is 0 Å². The number of hydrogen-bond acceptors (Lipinski definition) is 2. The van der Waals surface area contributed by atoms with Crippen molar-refractivity contribution >= 4 is 5.97 Å². The summed E-state index contributed by atoms with van der Waals surface area (Å²) in [5.74, 6) is 0.664. The molecule has 2 aliphatic carbocycles. The zero-order valence-corrected chi connectivity index (χ0v) is 9.55. The minimum absolute atomic E-state index is 0.0988. The summed E-state index contributed by atoms with van der Waals surface area (Å²) in [6.45, 7) is 5.84. The molecular formula is C13H20O2. The Morgan fingerprint density at radius 1 is 1.47 bits per heavy atom. The van der Waals surface area contributed by atoms with Gasteiger partial charge in [0, 0.05) is 5.57 Å². The molecule has 0 heterocycles. The van der Waals surface area contributed by atoms with E-state index >= 15 is 0 Å². The van der Waals surface area contributed by atoms with Gasteiger partial charge in [0.15, 0.2) is 0 Å². The Balaban J connectivity index is 1.91. The highest BCUT2D eigenvalue weighted by Gasteiger charge is 2.47. The van der Waals surface area contributed by atoms with E-state index in [2.05, 4.69) is 13.5 Å². The van der Waals surface area contributed by atoms with E-state index in [0.717, 1.165) is 38.0 Å². The summed E-state index contributed by atoms with van der Waals surface area (Å²) in [4.78, 5) is 11.7. The monoisotopic (exact) mass is 208 g/mol. The molecule has 84 valence electrons. The van der Waals surface area contributed by atoms with E-state index in [9.17, 15) is 4.79 Å². The average Bonchev–Trinajstić information content (AvgIpc) is 2.77. The summed E-state index contributed by atoms with van der Waals surface area (Å²) in [5.41, 5.74) is 0.542.